The summed E-state index contributed by atoms with van der Waals surface area (Å²) >= 11 is 5.35. The van der Waals surface area contributed by atoms with E-state index in [4.69, 9.17) is 4.98 Å². The molecule has 1 aliphatic rings. The van der Waals surface area contributed by atoms with Gasteiger partial charge >= 0.3 is 0 Å². The quantitative estimate of drug-likeness (QED) is 0.920. The summed E-state index contributed by atoms with van der Waals surface area (Å²) in [6.45, 7) is 4.15. The van der Waals surface area contributed by atoms with E-state index < -0.39 is 0 Å². The molecule has 2 heterocycles. The Bertz CT molecular complexity index is 520. The Balaban J connectivity index is 1.91. The Morgan fingerprint density at radius 2 is 1.89 bits per heavy atom. The van der Waals surface area contributed by atoms with E-state index in [1.54, 1.807) is 11.3 Å². The number of anilines is 1. The van der Waals surface area contributed by atoms with Crippen LogP contribution >= 0.6 is 27.3 Å². The number of halogens is 1. The van der Waals surface area contributed by atoms with E-state index >= 15 is 0 Å². The topological polar surface area (TPSA) is 28.2 Å². The molecule has 0 radical (unpaired) electrons. The van der Waals surface area contributed by atoms with Crippen molar-refractivity contribution in [1.29, 1.82) is 0 Å². The van der Waals surface area contributed by atoms with Crippen LogP contribution in [-0.2, 0) is 0 Å². The van der Waals surface area contributed by atoms with E-state index in [2.05, 4.69) is 38.3 Å². The average Bonchev–Trinajstić information content (AvgIpc) is 2.83. The summed E-state index contributed by atoms with van der Waals surface area (Å²) in [6, 6.07) is 10.3. The van der Waals surface area contributed by atoms with Crippen molar-refractivity contribution in [2.45, 2.75) is 0 Å². The number of aromatic nitrogens is 1. The molecule has 0 atom stereocenters. The third-order valence-corrected chi connectivity index (χ3v) is 4.78. The van der Waals surface area contributed by atoms with E-state index in [-0.39, 0.29) is 0 Å². The monoisotopic (exact) mass is 323 g/mol. The molecule has 0 saturated carbocycles. The minimum Gasteiger partial charge on any atom is -0.345 e. The molecule has 0 unspecified atom stereocenters. The van der Waals surface area contributed by atoms with Crippen molar-refractivity contribution in [2.75, 3.05) is 31.1 Å². The normalized spacial score (nSPS) is 15.9. The highest BCUT2D eigenvalue weighted by Gasteiger charge is 2.17. The Hall–Kier alpha value is -0.910. The molecule has 1 aromatic heterocycles. The van der Waals surface area contributed by atoms with Crippen molar-refractivity contribution in [1.82, 2.24) is 10.3 Å². The van der Waals surface area contributed by atoms with Gasteiger partial charge in [0.15, 0.2) is 5.13 Å². The van der Waals surface area contributed by atoms with E-state index in [1.165, 1.54) is 5.56 Å². The molecule has 0 amide bonds. The second-order valence-corrected chi connectivity index (χ2v) is 6.52. The van der Waals surface area contributed by atoms with Gasteiger partial charge in [-0.3, -0.25) is 0 Å². The fraction of sp³-hybridized carbons (Fsp3) is 0.308. The molecule has 94 valence electrons. The van der Waals surface area contributed by atoms with Gasteiger partial charge < -0.3 is 10.2 Å². The third-order valence-electron chi connectivity index (χ3n) is 3.01. The number of hydrogen-bond donors (Lipinski definition) is 1. The molecule has 18 heavy (non-hydrogen) atoms. The van der Waals surface area contributed by atoms with Gasteiger partial charge in [-0.2, -0.15) is 0 Å². The maximum absolute atomic E-state index is 4.77. The molecule has 1 aliphatic heterocycles. The maximum Gasteiger partial charge on any atom is 0.187 e. The molecular weight excluding hydrogens is 310 g/mol. The fourth-order valence-electron chi connectivity index (χ4n) is 2.06. The predicted molar refractivity (Wildman–Crippen MR) is 80.3 cm³/mol. The summed E-state index contributed by atoms with van der Waals surface area (Å²) in [7, 11) is 0. The van der Waals surface area contributed by atoms with Gasteiger partial charge in [-0.1, -0.05) is 41.7 Å². The van der Waals surface area contributed by atoms with E-state index in [0.29, 0.717) is 0 Å². The third kappa shape index (κ3) is 2.43. The summed E-state index contributed by atoms with van der Waals surface area (Å²) < 4.78 is 1.11. The van der Waals surface area contributed by atoms with Crippen LogP contribution in [0.5, 0.6) is 0 Å². The summed E-state index contributed by atoms with van der Waals surface area (Å²) in [5, 5.41) is 4.47. The van der Waals surface area contributed by atoms with Crippen LogP contribution in [0.3, 0.4) is 0 Å². The first kappa shape index (κ1) is 12.1. The molecule has 0 bridgehead atoms. The summed E-state index contributed by atoms with van der Waals surface area (Å²) in [5.74, 6) is 0. The molecule has 1 N–H and O–H groups in total. The zero-order chi connectivity index (χ0) is 12.4. The van der Waals surface area contributed by atoms with Gasteiger partial charge in [0.05, 0.1) is 9.48 Å². The number of piperazine rings is 1. The zero-order valence-electron chi connectivity index (χ0n) is 9.90. The van der Waals surface area contributed by atoms with Crippen LogP contribution in [0, 0.1) is 0 Å². The number of benzene rings is 1. The highest BCUT2D eigenvalue weighted by atomic mass is 79.9. The van der Waals surface area contributed by atoms with Gasteiger partial charge in [0, 0.05) is 31.7 Å². The lowest BCUT2D eigenvalue weighted by Gasteiger charge is -2.26. The predicted octanol–water partition coefficient (Wildman–Crippen LogP) is 2.98. The molecule has 3 nitrogen and oxygen atoms in total. The number of nitrogens with one attached hydrogen (secondary N) is 1. The Kier molecular flexibility index (Phi) is 3.63. The van der Waals surface area contributed by atoms with Crippen LogP contribution in [0.4, 0.5) is 5.13 Å². The van der Waals surface area contributed by atoms with E-state index in [0.717, 1.165) is 40.8 Å². The molecule has 3 rings (SSSR count). The number of thiazole rings is 1. The molecular formula is C13H14BrN3S. The molecule has 1 fully saturated rings. The lowest BCUT2D eigenvalue weighted by Crippen LogP contribution is -2.43. The van der Waals surface area contributed by atoms with Crippen LogP contribution < -0.4 is 10.2 Å². The summed E-state index contributed by atoms with van der Waals surface area (Å²) in [4.78, 5) is 7.12. The van der Waals surface area contributed by atoms with Crippen LogP contribution in [0.2, 0.25) is 0 Å². The molecule has 0 spiro atoms. The number of rotatable bonds is 2. The van der Waals surface area contributed by atoms with Crippen LogP contribution in [0.25, 0.3) is 11.3 Å². The standard InChI is InChI=1S/C13H14BrN3S/c14-12-11(10-4-2-1-3-5-10)16-13(18-12)17-8-6-15-7-9-17/h1-5,15H,6-9H2. The Labute approximate surface area is 119 Å². The van der Waals surface area contributed by atoms with Crippen molar-refractivity contribution in [3.63, 3.8) is 0 Å². The second-order valence-electron chi connectivity index (χ2n) is 4.22. The van der Waals surface area contributed by atoms with Crippen molar-refractivity contribution < 1.29 is 0 Å². The Morgan fingerprint density at radius 1 is 1.17 bits per heavy atom. The number of nitrogens with zero attached hydrogens (tertiary/aromatic N) is 2. The fourth-order valence-corrected chi connectivity index (χ4v) is 3.68. The largest absolute Gasteiger partial charge is 0.345 e. The van der Waals surface area contributed by atoms with E-state index in [1.807, 2.05) is 18.2 Å². The average molecular weight is 324 g/mol. The zero-order valence-corrected chi connectivity index (χ0v) is 12.3. The van der Waals surface area contributed by atoms with Crippen molar-refractivity contribution >= 4 is 32.4 Å². The van der Waals surface area contributed by atoms with Crippen LogP contribution in [-0.4, -0.2) is 31.2 Å². The van der Waals surface area contributed by atoms with Crippen LogP contribution in [0.15, 0.2) is 34.1 Å². The van der Waals surface area contributed by atoms with Crippen molar-refractivity contribution in [3.05, 3.63) is 34.1 Å². The Morgan fingerprint density at radius 3 is 2.61 bits per heavy atom. The highest BCUT2D eigenvalue weighted by molar-refractivity contribution is 9.11. The van der Waals surface area contributed by atoms with Gasteiger partial charge in [-0.05, 0) is 15.9 Å². The molecule has 1 saturated heterocycles. The van der Waals surface area contributed by atoms with Crippen molar-refractivity contribution in [3.8, 4) is 11.3 Å². The highest BCUT2D eigenvalue weighted by Crippen LogP contribution is 2.37. The van der Waals surface area contributed by atoms with Crippen LogP contribution in [0.1, 0.15) is 0 Å². The van der Waals surface area contributed by atoms with Gasteiger partial charge in [0.2, 0.25) is 0 Å². The first-order valence-corrected chi connectivity index (χ1v) is 7.63. The maximum atomic E-state index is 4.77. The lowest BCUT2D eigenvalue weighted by molar-refractivity contribution is 0.588. The first-order chi connectivity index (χ1) is 8.84. The second kappa shape index (κ2) is 5.38. The number of hydrogen-bond acceptors (Lipinski definition) is 4. The smallest absolute Gasteiger partial charge is 0.187 e. The molecule has 1 aromatic carbocycles. The minimum absolute atomic E-state index is 1.04. The SMILES string of the molecule is Brc1sc(N2CCNCC2)nc1-c1ccccc1. The molecule has 5 heteroatoms. The van der Waals surface area contributed by atoms with Crippen molar-refractivity contribution in [2.24, 2.45) is 0 Å². The van der Waals surface area contributed by atoms with Gasteiger partial charge in [0.1, 0.15) is 0 Å². The lowest BCUT2D eigenvalue weighted by atomic mass is 10.2. The molecule has 0 aliphatic carbocycles. The minimum atomic E-state index is 1.04. The summed E-state index contributed by atoms with van der Waals surface area (Å²) in [6.07, 6.45) is 0. The molecule has 2 aromatic rings. The first-order valence-electron chi connectivity index (χ1n) is 6.02. The van der Waals surface area contributed by atoms with Gasteiger partial charge in [-0.15, -0.1) is 0 Å². The van der Waals surface area contributed by atoms with Gasteiger partial charge in [-0.25, -0.2) is 4.98 Å². The van der Waals surface area contributed by atoms with E-state index in [9.17, 15) is 0 Å². The van der Waals surface area contributed by atoms with Gasteiger partial charge in [0.25, 0.3) is 0 Å². The summed E-state index contributed by atoms with van der Waals surface area (Å²) in [5.41, 5.74) is 2.22.